The highest BCUT2D eigenvalue weighted by Gasteiger charge is 2.36. The van der Waals surface area contributed by atoms with Crippen LogP contribution in [0.2, 0.25) is 0 Å². The Morgan fingerprint density at radius 2 is 2.00 bits per heavy atom. The van der Waals surface area contributed by atoms with Gasteiger partial charge in [-0.2, -0.15) is 13.2 Å². The van der Waals surface area contributed by atoms with Crippen LogP contribution in [0.15, 0.2) is 22.7 Å². The molecular weight excluding hydrogens is 349 g/mol. The summed E-state index contributed by atoms with van der Waals surface area (Å²) in [6.45, 7) is 2.66. The predicted octanol–water partition coefficient (Wildman–Crippen LogP) is 3.36. The van der Waals surface area contributed by atoms with Crippen molar-refractivity contribution in [3.63, 3.8) is 0 Å². The van der Waals surface area contributed by atoms with E-state index in [0.29, 0.717) is 42.0 Å². The van der Waals surface area contributed by atoms with Gasteiger partial charge in [0, 0.05) is 32.2 Å². The lowest BCUT2D eigenvalue weighted by molar-refractivity contribution is -0.148. The van der Waals surface area contributed by atoms with E-state index in [2.05, 4.69) is 21.2 Å². The van der Waals surface area contributed by atoms with Crippen molar-refractivity contribution in [1.82, 2.24) is 10.2 Å². The number of methoxy groups -OCH3 is 1. The number of nitrogens with one attached hydrogen (secondary N) is 1. The minimum absolute atomic E-state index is 0.615. The lowest BCUT2D eigenvalue weighted by Gasteiger charge is -2.35. The zero-order valence-electron chi connectivity index (χ0n) is 11.7. The van der Waals surface area contributed by atoms with Gasteiger partial charge in [-0.25, -0.2) is 0 Å². The number of nitrogens with zero attached hydrogens (tertiary/aromatic N) is 1. The highest BCUT2D eigenvalue weighted by molar-refractivity contribution is 9.10. The Hall–Kier alpha value is -0.790. The van der Waals surface area contributed by atoms with Crippen LogP contribution in [0.3, 0.4) is 0 Å². The fourth-order valence-electron chi connectivity index (χ4n) is 2.56. The molecule has 0 radical (unpaired) electrons. The molecule has 2 rings (SSSR count). The summed E-state index contributed by atoms with van der Waals surface area (Å²) >= 11 is 3.34. The maximum absolute atomic E-state index is 12.9. The lowest BCUT2D eigenvalue weighted by Crippen LogP contribution is -2.46. The Labute approximate surface area is 130 Å². The number of rotatable bonds is 4. The van der Waals surface area contributed by atoms with Gasteiger partial charge >= 0.3 is 6.18 Å². The second kappa shape index (κ2) is 6.98. The van der Waals surface area contributed by atoms with E-state index in [1.165, 1.54) is 7.11 Å². The highest BCUT2D eigenvalue weighted by Crippen LogP contribution is 2.36. The smallest absolute Gasteiger partial charge is 0.390 e. The molecule has 21 heavy (non-hydrogen) atoms. The Morgan fingerprint density at radius 1 is 1.33 bits per heavy atom. The van der Waals surface area contributed by atoms with Gasteiger partial charge in [0.15, 0.2) is 0 Å². The zero-order chi connectivity index (χ0) is 15.5. The van der Waals surface area contributed by atoms with Gasteiger partial charge in [-0.3, -0.25) is 4.90 Å². The number of hydrogen-bond acceptors (Lipinski definition) is 3. The van der Waals surface area contributed by atoms with Crippen molar-refractivity contribution in [2.75, 3.05) is 33.3 Å². The van der Waals surface area contributed by atoms with Crippen molar-refractivity contribution in [3.8, 4) is 5.75 Å². The van der Waals surface area contributed by atoms with Gasteiger partial charge in [-0.1, -0.05) is 6.07 Å². The SMILES string of the molecule is COc1ccc([C@@H](CC(F)(F)F)N2CCNCC2)cc1Br. The quantitative estimate of drug-likeness (QED) is 0.884. The van der Waals surface area contributed by atoms with Gasteiger partial charge in [0.2, 0.25) is 0 Å². The third-order valence-electron chi connectivity index (χ3n) is 3.58. The summed E-state index contributed by atoms with van der Waals surface area (Å²) in [5, 5.41) is 3.16. The van der Waals surface area contributed by atoms with E-state index in [0.717, 1.165) is 0 Å². The molecule has 7 heteroatoms. The zero-order valence-corrected chi connectivity index (χ0v) is 13.3. The van der Waals surface area contributed by atoms with Gasteiger partial charge in [-0.15, -0.1) is 0 Å². The van der Waals surface area contributed by atoms with Crippen LogP contribution in [0.4, 0.5) is 13.2 Å². The van der Waals surface area contributed by atoms with Crippen LogP contribution >= 0.6 is 15.9 Å². The number of hydrogen-bond donors (Lipinski definition) is 1. The molecule has 0 aromatic heterocycles. The molecule has 0 bridgehead atoms. The molecule has 1 N–H and O–H groups in total. The Bertz CT molecular complexity index is 476. The third kappa shape index (κ3) is 4.59. The molecule has 0 spiro atoms. The third-order valence-corrected chi connectivity index (χ3v) is 4.20. The molecule has 1 saturated heterocycles. The minimum atomic E-state index is -4.19. The highest BCUT2D eigenvalue weighted by atomic mass is 79.9. The molecule has 0 unspecified atom stereocenters. The fraction of sp³-hybridized carbons (Fsp3) is 0.571. The number of benzene rings is 1. The summed E-state index contributed by atoms with van der Waals surface area (Å²) in [6.07, 6.45) is -5.03. The van der Waals surface area contributed by atoms with E-state index >= 15 is 0 Å². The van der Waals surface area contributed by atoms with Crippen molar-refractivity contribution >= 4 is 15.9 Å². The summed E-state index contributed by atoms with van der Waals surface area (Å²) in [7, 11) is 1.53. The molecule has 1 aliphatic heterocycles. The van der Waals surface area contributed by atoms with Crippen molar-refractivity contribution in [3.05, 3.63) is 28.2 Å². The Morgan fingerprint density at radius 3 is 2.52 bits per heavy atom. The minimum Gasteiger partial charge on any atom is -0.496 e. The van der Waals surface area contributed by atoms with Crippen molar-refractivity contribution in [1.29, 1.82) is 0 Å². The van der Waals surface area contributed by atoms with Crippen LogP contribution in [0.1, 0.15) is 18.0 Å². The summed E-state index contributed by atoms with van der Waals surface area (Å²) in [5.74, 6) is 0.616. The first kappa shape index (κ1) is 16.6. The molecule has 118 valence electrons. The average molecular weight is 367 g/mol. The molecule has 0 saturated carbocycles. The van der Waals surface area contributed by atoms with Crippen LogP contribution in [0.5, 0.6) is 5.75 Å². The first-order valence-electron chi connectivity index (χ1n) is 6.75. The van der Waals surface area contributed by atoms with Gasteiger partial charge in [0.1, 0.15) is 5.75 Å². The molecule has 0 aliphatic carbocycles. The molecule has 1 aromatic carbocycles. The molecule has 1 fully saturated rings. The molecule has 3 nitrogen and oxygen atoms in total. The Balaban J connectivity index is 2.27. The van der Waals surface area contributed by atoms with E-state index in [9.17, 15) is 13.2 Å². The van der Waals surface area contributed by atoms with Gasteiger partial charge in [0.05, 0.1) is 18.0 Å². The first-order valence-corrected chi connectivity index (χ1v) is 7.55. The number of ether oxygens (including phenoxy) is 1. The number of halogens is 4. The monoisotopic (exact) mass is 366 g/mol. The van der Waals surface area contributed by atoms with Crippen LogP contribution in [0, 0.1) is 0 Å². The topological polar surface area (TPSA) is 24.5 Å². The first-order chi connectivity index (χ1) is 9.90. The van der Waals surface area contributed by atoms with Crippen LogP contribution in [-0.4, -0.2) is 44.4 Å². The van der Waals surface area contributed by atoms with Crippen molar-refractivity contribution in [2.24, 2.45) is 0 Å². The number of piperazine rings is 1. The second-order valence-electron chi connectivity index (χ2n) is 5.02. The number of alkyl halides is 3. The maximum Gasteiger partial charge on any atom is 0.390 e. The predicted molar refractivity (Wildman–Crippen MR) is 78.5 cm³/mol. The second-order valence-corrected chi connectivity index (χ2v) is 5.87. The largest absolute Gasteiger partial charge is 0.496 e. The maximum atomic E-state index is 12.9. The van der Waals surface area contributed by atoms with Crippen LogP contribution in [-0.2, 0) is 0 Å². The fourth-order valence-corrected chi connectivity index (χ4v) is 3.12. The standard InChI is InChI=1S/C14H18BrF3N2O/c1-21-13-3-2-10(8-11(13)15)12(9-14(16,17)18)20-6-4-19-5-7-20/h2-3,8,12,19H,4-7,9H2,1H3/t12-/m1/s1. The summed E-state index contributed by atoms with van der Waals surface area (Å²) < 4.78 is 44.5. The van der Waals surface area contributed by atoms with E-state index in [1.807, 2.05) is 4.90 Å². The van der Waals surface area contributed by atoms with Crippen molar-refractivity contribution < 1.29 is 17.9 Å². The normalized spacial score (nSPS) is 18.5. The molecule has 1 atom stereocenters. The Kier molecular flexibility index (Phi) is 5.51. The van der Waals surface area contributed by atoms with E-state index in [-0.39, 0.29) is 0 Å². The van der Waals surface area contributed by atoms with Crippen molar-refractivity contribution in [2.45, 2.75) is 18.6 Å². The van der Waals surface area contributed by atoms with Gasteiger partial charge < -0.3 is 10.1 Å². The molecule has 1 heterocycles. The van der Waals surface area contributed by atoms with E-state index in [1.54, 1.807) is 18.2 Å². The summed E-state index contributed by atoms with van der Waals surface area (Å²) in [5.41, 5.74) is 0.655. The summed E-state index contributed by atoms with van der Waals surface area (Å²) in [4.78, 5) is 1.89. The lowest BCUT2D eigenvalue weighted by atomic mass is 10.0. The van der Waals surface area contributed by atoms with Crippen LogP contribution < -0.4 is 10.1 Å². The molecule has 1 aliphatic rings. The van der Waals surface area contributed by atoms with Crippen LogP contribution in [0.25, 0.3) is 0 Å². The molecule has 1 aromatic rings. The molecular formula is C14H18BrF3N2O. The molecule has 0 amide bonds. The van der Waals surface area contributed by atoms with E-state index < -0.39 is 18.6 Å². The summed E-state index contributed by atoms with van der Waals surface area (Å²) in [6, 6.07) is 4.47. The average Bonchev–Trinajstić information content (AvgIpc) is 2.45. The van der Waals surface area contributed by atoms with Gasteiger partial charge in [0.25, 0.3) is 0 Å². The van der Waals surface area contributed by atoms with Gasteiger partial charge in [-0.05, 0) is 33.6 Å². The van der Waals surface area contributed by atoms with E-state index in [4.69, 9.17) is 4.74 Å².